The van der Waals surface area contributed by atoms with Crippen molar-refractivity contribution in [1.29, 1.82) is 5.26 Å². The Balaban J connectivity index is 0.00000387. The van der Waals surface area contributed by atoms with Gasteiger partial charge < -0.3 is 19.7 Å². The molecular weight excluding hydrogens is 536 g/mol. The normalized spacial score (nSPS) is 17.4. The van der Waals surface area contributed by atoms with Gasteiger partial charge in [0, 0.05) is 42.8 Å². The highest BCUT2D eigenvalue weighted by molar-refractivity contribution is 7.59. The van der Waals surface area contributed by atoms with Crippen LogP contribution >= 0.6 is 13.5 Å². The van der Waals surface area contributed by atoms with E-state index in [1.807, 2.05) is 51.1 Å². The van der Waals surface area contributed by atoms with Crippen LogP contribution in [0.4, 0.5) is 17.3 Å². The van der Waals surface area contributed by atoms with E-state index < -0.39 is 5.60 Å². The molecule has 2 aliphatic rings. The third-order valence-electron chi connectivity index (χ3n) is 7.05. The Bertz CT molecular complexity index is 1400. The molecule has 0 saturated carbocycles. The number of hydrogen-bond acceptors (Lipinski definition) is 9. The molecule has 2 aliphatic heterocycles. The van der Waals surface area contributed by atoms with Crippen LogP contribution in [0.2, 0.25) is 0 Å². The van der Waals surface area contributed by atoms with Crippen molar-refractivity contribution in [3.8, 4) is 17.3 Å². The number of morpholine rings is 1. The van der Waals surface area contributed by atoms with Crippen molar-refractivity contribution in [2.45, 2.75) is 51.8 Å². The van der Waals surface area contributed by atoms with Crippen molar-refractivity contribution in [1.82, 2.24) is 14.9 Å². The van der Waals surface area contributed by atoms with Gasteiger partial charge in [0.1, 0.15) is 11.6 Å². The maximum absolute atomic E-state index is 13.0. The van der Waals surface area contributed by atoms with Crippen LogP contribution in [-0.4, -0.2) is 65.3 Å². The molecule has 1 unspecified atom stereocenters. The van der Waals surface area contributed by atoms with Gasteiger partial charge in [-0.2, -0.15) is 18.8 Å². The van der Waals surface area contributed by atoms with Crippen molar-refractivity contribution >= 4 is 36.8 Å². The molecule has 0 amide bonds. The van der Waals surface area contributed by atoms with Gasteiger partial charge in [0.05, 0.1) is 30.5 Å². The summed E-state index contributed by atoms with van der Waals surface area (Å²) >= 11 is 0. The van der Waals surface area contributed by atoms with Gasteiger partial charge in [0.25, 0.3) is 0 Å². The zero-order valence-corrected chi connectivity index (χ0v) is 24.9. The molecule has 0 spiro atoms. The molecule has 2 aromatic carbocycles. The van der Waals surface area contributed by atoms with Crippen LogP contribution in [0.15, 0.2) is 54.7 Å². The smallest absolute Gasteiger partial charge is 0.323 e. The third kappa shape index (κ3) is 7.76. The second-order valence-electron chi connectivity index (χ2n) is 11.2. The van der Waals surface area contributed by atoms with E-state index in [4.69, 9.17) is 14.5 Å². The molecule has 216 valence electrons. The Hall–Kier alpha value is -3.65. The van der Waals surface area contributed by atoms with E-state index in [1.54, 1.807) is 12.3 Å². The van der Waals surface area contributed by atoms with Crippen molar-refractivity contribution in [3.63, 3.8) is 0 Å². The van der Waals surface area contributed by atoms with Gasteiger partial charge in [-0.05, 0) is 82.1 Å². The number of nitriles is 1. The first-order valence-electron chi connectivity index (χ1n) is 13.8. The lowest BCUT2D eigenvalue weighted by molar-refractivity contribution is -0.160. The fourth-order valence-electron chi connectivity index (χ4n) is 5.23. The summed E-state index contributed by atoms with van der Waals surface area (Å²) in [6.07, 6.45) is 3.47. The van der Waals surface area contributed by atoms with Crippen LogP contribution in [0.1, 0.15) is 44.7 Å². The quantitative estimate of drug-likeness (QED) is 0.390. The number of rotatable bonds is 7. The minimum absolute atomic E-state index is 0. The Kier molecular flexibility index (Phi) is 9.86. The fourth-order valence-corrected chi connectivity index (χ4v) is 5.23. The van der Waals surface area contributed by atoms with Crippen LogP contribution in [0.25, 0.3) is 11.3 Å². The number of hydrogen-bond donors (Lipinski definition) is 1. The minimum atomic E-state index is -0.515. The predicted molar refractivity (Wildman–Crippen MR) is 165 cm³/mol. The van der Waals surface area contributed by atoms with Gasteiger partial charge in [0.2, 0.25) is 5.95 Å². The summed E-state index contributed by atoms with van der Waals surface area (Å²) in [5, 5.41) is 12.6. The largest absolute Gasteiger partial charge is 0.459 e. The highest BCUT2D eigenvalue weighted by Crippen LogP contribution is 2.31. The molecule has 5 rings (SSSR count). The summed E-state index contributed by atoms with van der Waals surface area (Å²) < 4.78 is 11.3. The summed E-state index contributed by atoms with van der Waals surface area (Å²) in [5.41, 5.74) is 4.79. The molecule has 2 saturated heterocycles. The van der Waals surface area contributed by atoms with Crippen LogP contribution in [-0.2, 0) is 20.8 Å². The standard InChI is InChI=1S/C31H36N6O3.H2S/c1-31(2,3)40-29(38)28-8-5-13-37(28)21-24-19-25(9-10-27(24)36-14-16-39-17-15-36)34-30-33-12-11-26(35-30)23-7-4-6-22(18-23)20-32;/h4,6-7,9-12,18-19,28H,5,8,13-17,21H2,1-3H3,(H,33,34,35);1H2. The van der Waals surface area contributed by atoms with E-state index in [0.29, 0.717) is 31.3 Å². The molecule has 2 fully saturated rings. The number of nitrogens with zero attached hydrogens (tertiary/aromatic N) is 5. The second kappa shape index (κ2) is 13.3. The van der Waals surface area contributed by atoms with E-state index in [0.717, 1.165) is 60.7 Å². The predicted octanol–water partition coefficient (Wildman–Crippen LogP) is 5.01. The first kappa shape index (κ1) is 30.3. The van der Waals surface area contributed by atoms with Gasteiger partial charge in [-0.25, -0.2) is 9.97 Å². The van der Waals surface area contributed by atoms with Crippen molar-refractivity contribution < 1.29 is 14.3 Å². The highest BCUT2D eigenvalue weighted by Gasteiger charge is 2.34. The minimum Gasteiger partial charge on any atom is -0.459 e. The zero-order valence-electron chi connectivity index (χ0n) is 23.9. The number of likely N-dealkylation sites (tertiary alicyclic amines) is 1. The Morgan fingerprint density at radius 3 is 2.71 bits per heavy atom. The van der Waals surface area contributed by atoms with E-state index in [2.05, 4.69) is 38.3 Å². The van der Waals surface area contributed by atoms with Gasteiger partial charge in [-0.3, -0.25) is 9.69 Å². The first-order valence-corrected chi connectivity index (χ1v) is 13.8. The van der Waals surface area contributed by atoms with Crippen molar-refractivity contribution in [2.24, 2.45) is 0 Å². The molecule has 0 aliphatic carbocycles. The van der Waals surface area contributed by atoms with Crippen LogP contribution in [0.5, 0.6) is 0 Å². The van der Waals surface area contributed by atoms with Crippen LogP contribution in [0.3, 0.4) is 0 Å². The van der Waals surface area contributed by atoms with E-state index in [9.17, 15) is 10.1 Å². The maximum atomic E-state index is 13.0. The number of carbonyl (C=O) groups is 1. The number of aromatic nitrogens is 2. The van der Waals surface area contributed by atoms with Crippen molar-refractivity contribution in [3.05, 3.63) is 65.9 Å². The van der Waals surface area contributed by atoms with E-state index in [-0.39, 0.29) is 25.5 Å². The Morgan fingerprint density at radius 2 is 1.95 bits per heavy atom. The molecule has 1 aromatic heterocycles. The Labute approximate surface area is 248 Å². The summed E-state index contributed by atoms with van der Waals surface area (Å²) in [7, 11) is 0. The average Bonchev–Trinajstić information content (AvgIpc) is 3.41. The fraction of sp³-hybridized carbons (Fsp3) is 0.419. The summed E-state index contributed by atoms with van der Waals surface area (Å²) in [4.78, 5) is 26.7. The van der Waals surface area contributed by atoms with Crippen molar-refractivity contribution in [2.75, 3.05) is 43.1 Å². The van der Waals surface area contributed by atoms with Crippen LogP contribution < -0.4 is 10.2 Å². The number of ether oxygens (including phenoxy) is 2. The molecule has 0 radical (unpaired) electrons. The molecule has 0 bridgehead atoms. The average molecular weight is 575 g/mol. The van der Waals surface area contributed by atoms with Gasteiger partial charge in [-0.15, -0.1) is 0 Å². The maximum Gasteiger partial charge on any atom is 0.323 e. The first-order chi connectivity index (χ1) is 19.3. The molecule has 41 heavy (non-hydrogen) atoms. The SMILES string of the molecule is CC(C)(C)OC(=O)C1CCCN1Cc1cc(Nc2nccc(-c3cccc(C#N)c3)n2)ccc1N1CCOCC1.S. The third-order valence-corrected chi connectivity index (χ3v) is 7.05. The molecule has 10 heteroatoms. The van der Waals surface area contributed by atoms with E-state index in [1.165, 1.54) is 0 Å². The molecule has 3 heterocycles. The van der Waals surface area contributed by atoms with Gasteiger partial charge in [0.15, 0.2) is 0 Å². The van der Waals surface area contributed by atoms with Gasteiger partial charge >= 0.3 is 5.97 Å². The molecule has 9 nitrogen and oxygen atoms in total. The summed E-state index contributed by atoms with van der Waals surface area (Å²) in [5.74, 6) is 0.315. The second-order valence-corrected chi connectivity index (χ2v) is 11.2. The summed E-state index contributed by atoms with van der Waals surface area (Å²) in [6.45, 7) is 10.2. The number of nitrogens with one attached hydrogen (secondary N) is 1. The molecule has 1 atom stereocenters. The number of anilines is 3. The molecule has 1 N–H and O–H groups in total. The summed E-state index contributed by atoms with van der Waals surface area (Å²) in [6, 6.07) is 17.4. The van der Waals surface area contributed by atoms with Crippen LogP contribution in [0, 0.1) is 11.3 Å². The Morgan fingerprint density at radius 1 is 1.15 bits per heavy atom. The van der Waals surface area contributed by atoms with Gasteiger partial charge in [-0.1, -0.05) is 12.1 Å². The molecular formula is C31H38N6O3S. The van der Waals surface area contributed by atoms with E-state index >= 15 is 0 Å². The monoisotopic (exact) mass is 574 g/mol. The highest BCUT2D eigenvalue weighted by atomic mass is 32.1. The zero-order chi connectivity index (χ0) is 28.1. The number of esters is 1. The topological polar surface area (TPSA) is 104 Å². The lowest BCUT2D eigenvalue weighted by Gasteiger charge is -2.33. The lowest BCUT2D eigenvalue weighted by Crippen LogP contribution is -2.41. The lowest BCUT2D eigenvalue weighted by atomic mass is 10.1. The number of benzene rings is 2. The molecule has 3 aromatic rings. The number of carbonyl (C=O) groups excluding carboxylic acids is 1.